The van der Waals surface area contributed by atoms with E-state index >= 15 is 0 Å². The van der Waals surface area contributed by atoms with Crippen molar-refractivity contribution >= 4 is 22.5 Å². The molecule has 0 atom stereocenters. The van der Waals surface area contributed by atoms with Gasteiger partial charge in [-0.25, -0.2) is 0 Å². The molecule has 0 saturated heterocycles. The number of hydrogen-bond donors (Lipinski definition) is 0. The molecule has 20 heavy (non-hydrogen) atoms. The fraction of sp³-hybridized carbons (Fsp3) is 0.158. The number of fused-ring (bicyclic) bond motifs is 1. The average molecular weight is 278 g/mol. The van der Waals surface area contributed by atoms with Crippen molar-refractivity contribution in [2.24, 2.45) is 0 Å². The maximum absolute atomic E-state index is 2.28. The average Bonchev–Trinajstić information content (AvgIpc) is 2.42. The zero-order valence-electron chi connectivity index (χ0n) is 12.1. The Morgan fingerprint density at radius 2 is 1.35 bits per heavy atom. The summed E-state index contributed by atoms with van der Waals surface area (Å²) in [6.45, 7) is 6.55. The Kier molecular flexibility index (Phi) is 3.54. The van der Waals surface area contributed by atoms with Crippen LogP contribution in [0.5, 0.6) is 0 Å². The molecule has 0 N–H and O–H groups in total. The maximum atomic E-state index is 2.28. The van der Waals surface area contributed by atoms with E-state index in [1.165, 1.54) is 37.3 Å². The Balaban J connectivity index is 2.01. The van der Waals surface area contributed by atoms with Crippen molar-refractivity contribution in [1.82, 2.24) is 0 Å². The molecule has 0 nitrogen and oxygen atoms in total. The van der Waals surface area contributed by atoms with Gasteiger partial charge in [-0.05, 0) is 54.8 Å². The third-order valence-electron chi connectivity index (χ3n) is 3.55. The van der Waals surface area contributed by atoms with Crippen LogP contribution in [0, 0.1) is 20.8 Å². The van der Waals surface area contributed by atoms with Crippen LogP contribution in [-0.4, -0.2) is 0 Å². The second-order valence-corrected chi connectivity index (χ2v) is 6.42. The molecular formula is C19H18S. The zero-order valence-corrected chi connectivity index (χ0v) is 12.9. The molecule has 0 aromatic heterocycles. The summed E-state index contributed by atoms with van der Waals surface area (Å²) in [4.78, 5) is 2.68. The Hall–Kier alpha value is -1.73. The van der Waals surface area contributed by atoms with Crippen LogP contribution in [0.15, 0.2) is 64.4 Å². The van der Waals surface area contributed by atoms with Crippen molar-refractivity contribution in [3.05, 3.63) is 71.3 Å². The summed E-state index contributed by atoms with van der Waals surface area (Å²) in [5.41, 5.74) is 4.06. The summed E-state index contributed by atoms with van der Waals surface area (Å²) in [6.07, 6.45) is 0. The lowest BCUT2D eigenvalue weighted by atomic mass is 10.1. The topological polar surface area (TPSA) is 0 Å². The van der Waals surface area contributed by atoms with Crippen LogP contribution >= 0.6 is 11.8 Å². The van der Waals surface area contributed by atoms with Crippen LogP contribution in [-0.2, 0) is 0 Å². The molecule has 3 rings (SSSR count). The first-order chi connectivity index (χ1) is 9.63. The number of benzene rings is 3. The van der Waals surface area contributed by atoms with Crippen molar-refractivity contribution in [2.75, 3.05) is 0 Å². The van der Waals surface area contributed by atoms with Gasteiger partial charge in [0.05, 0.1) is 0 Å². The molecular weight excluding hydrogens is 260 g/mol. The Morgan fingerprint density at radius 1 is 0.700 bits per heavy atom. The van der Waals surface area contributed by atoms with Gasteiger partial charge >= 0.3 is 0 Å². The van der Waals surface area contributed by atoms with Crippen LogP contribution in [0.25, 0.3) is 10.8 Å². The predicted molar refractivity (Wildman–Crippen MR) is 88.7 cm³/mol. The Bertz CT molecular complexity index is 749. The molecule has 100 valence electrons. The Morgan fingerprint density at radius 3 is 2.05 bits per heavy atom. The minimum atomic E-state index is 1.30. The number of rotatable bonds is 2. The molecule has 0 aliphatic heterocycles. The maximum Gasteiger partial charge on any atom is 0.0181 e. The standard InChI is InChI=1S/C19H18S/c1-13-10-14(2)19(15(3)11-13)20-18-9-8-16-6-4-5-7-17(16)12-18/h4-12H,1-3H3. The summed E-state index contributed by atoms with van der Waals surface area (Å²) in [6, 6.07) is 19.7. The molecule has 0 spiro atoms. The first-order valence-corrected chi connectivity index (χ1v) is 7.69. The summed E-state index contributed by atoms with van der Waals surface area (Å²) in [5, 5.41) is 2.61. The minimum Gasteiger partial charge on any atom is -0.0895 e. The largest absolute Gasteiger partial charge is 0.0895 e. The second kappa shape index (κ2) is 5.34. The molecule has 3 aromatic rings. The highest BCUT2D eigenvalue weighted by atomic mass is 32.2. The van der Waals surface area contributed by atoms with Gasteiger partial charge in [0.1, 0.15) is 0 Å². The fourth-order valence-electron chi connectivity index (χ4n) is 2.68. The normalized spacial score (nSPS) is 10.9. The fourth-order valence-corrected chi connectivity index (χ4v) is 3.67. The van der Waals surface area contributed by atoms with Crippen LogP contribution in [0.2, 0.25) is 0 Å². The van der Waals surface area contributed by atoms with E-state index in [1.807, 2.05) is 11.8 Å². The molecule has 0 amide bonds. The van der Waals surface area contributed by atoms with Crippen molar-refractivity contribution in [1.29, 1.82) is 0 Å². The smallest absolute Gasteiger partial charge is 0.0181 e. The highest BCUT2D eigenvalue weighted by Crippen LogP contribution is 2.34. The molecule has 1 heteroatoms. The summed E-state index contributed by atoms with van der Waals surface area (Å²) >= 11 is 1.86. The van der Waals surface area contributed by atoms with Crippen LogP contribution in [0.4, 0.5) is 0 Å². The summed E-state index contributed by atoms with van der Waals surface area (Å²) in [7, 11) is 0. The quantitative estimate of drug-likeness (QED) is 0.561. The first-order valence-electron chi connectivity index (χ1n) is 6.88. The van der Waals surface area contributed by atoms with Crippen LogP contribution in [0.1, 0.15) is 16.7 Å². The van der Waals surface area contributed by atoms with Crippen molar-refractivity contribution in [3.63, 3.8) is 0 Å². The van der Waals surface area contributed by atoms with Crippen molar-refractivity contribution < 1.29 is 0 Å². The Labute approximate surface area is 124 Å². The minimum absolute atomic E-state index is 1.30. The SMILES string of the molecule is Cc1cc(C)c(Sc2ccc3ccccc3c2)c(C)c1. The van der Waals surface area contributed by atoms with Gasteiger partial charge in [0.25, 0.3) is 0 Å². The molecule has 0 heterocycles. The van der Waals surface area contributed by atoms with E-state index in [9.17, 15) is 0 Å². The van der Waals surface area contributed by atoms with Gasteiger partial charge in [-0.3, -0.25) is 0 Å². The van der Waals surface area contributed by atoms with Gasteiger partial charge < -0.3 is 0 Å². The van der Waals surface area contributed by atoms with Gasteiger partial charge in [-0.1, -0.05) is 59.8 Å². The van der Waals surface area contributed by atoms with E-state index in [1.54, 1.807) is 0 Å². The van der Waals surface area contributed by atoms with E-state index in [0.717, 1.165) is 0 Å². The van der Waals surface area contributed by atoms with Crippen LogP contribution in [0.3, 0.4) is 0 Å². The van der Waals surface area contributed by atoms with E-state index in [0.29, 0.717) is 0 Å². The number of aryl methyl sites for hydroxylation is 3. The van der Waals surface area contributed by atoms with Gasteiger partial charge in [-0.2, -0.15) is 0 Å². The van der Waals surface area contributed by atoms with Crippen molar-refractivity contribution in [2.45, 2.75) is 30.6 Å². The summed E-state index contributed by atoms with van der Waals surface area (Å²) < 4.78 is 0. The highest BCUT2D eigenvalue weighted by Gasteiger charge is 2.06. The highest BCUT2D eigenvalue weighted by molar-refractivity contribution is 7.99. The molecule has 0 fully saturated rings. The van der Waals surface area contributed by atoms with Crippen LogP contribution < -0.4 is 0 Å². The van der Waals surface area contributed by atoms with E-state index in [4.69, 9.17) is 0 Å². The predicted octanol–water partition coefficient (Wildman–Crippen LogP) is 5.92. The molecule has 3 aromatic carbocycles. The molecule has 0 unspecified atom stereocenters. The van der Waals surface area contributed by atoms with Gasteiger partial charge in [0, 0.05) is 9.79 Å². The molecule has 0 aliphatic carbocycles. The molecule has 0 bridgehead atoms. The zero-order chi connectivity index (χ0) is 14.1. The third kappa shape index (κ3) is 2.59. The second-order valence-electron chi connectivity index (χ2n) is 5.34. The first kappa shape index (κ1) is 13.3. The third-order valence-corrected chi connectivity index (χ3v) is 4.88. The lowest BCUT2D eigenvalue weighted by molar-refractivity contribution is 1.19. The monoisotopic (exact) mass is 278 g/mol. The van der Waals surface area contributed by atoms with Gasteiger partial charge in [-0.15, -0.1) is 0 Å². The molecule has 0 aliphatic rings. The summed E-state index contributed by atoms with van der Waals surface area (Å²) in [5.74, 6) is 0. The van der Waals surface area contributed by atoms with E-state index in [-0.39, 0.29) is 0 Å². The van der Waals surface area contributed by atoms with E-state index in [2.05, 4.69) is 75.4 Å². The van der Waals surface area contributed by atoms with Gasteiger partial charge in [0.2, 0.25) is 0 Å². The molecule has 0 radical (unpaired) electrons. The lowest BCUT2D eigenvalue weighted by Crippen LogP contribution is -1.87. The van der Waals surface area contributed by atoms with Crippen molar-refractivity contribution in [3.8, 4) is 0 Å². The van der Waals surface area contributed by atoms with Gasteiger partial charge in [0.15, 0.2) is 0 Å². The number of hydrogen-bond acceptors (Lipinski definition) is 1. The van der Waals surface area contributed by atoms with E-state index < -0.39 is 0 Å². The molecule has 0 saturated carbocycles. The lowest BCUT2D eigenvalue weighted by Gasteiger charge is -2.11.